The second kappa shape index (κ2) is 8.83. The van der Waals surface area contributed by atoms with E-state index in [-0.39, 0.29) is 11.7 Å². The van der Waals surface area contributed by atoms with Crippen molar-refractivity contribution < 1.29 is 18.7 Å². The number of anilines is 1. The fourth-order valence-electron chi connectivity index (χ4n) is 3.99. The largest absolute Gasteiger partial charge is 0.492 e. The molecule has 2 aromatic carbocycles. The number of nitrogens with zero attached hydrogens (tertiary/aromatic N) is 3. The molecule has 1 amide bonds. The number of amides is 1. The number of fused-ring (bicyclic) bond motifs is 1. The van der Waals surface area contributed by atoms with E-state index in [0.29, 0.717) is 63.7 Å². The molecule has 0 aliphatic carbocycles. The number of Topliss-reactive ketones (excluding diaryl/α,β-unsaturated/α-hetero) is 1. The Hall–Kier alpha value is -2.93. The summed E-state index contributed by atoms with van der Waals surface area (Å²) in [6.07, 6.45) is 0. The summed E-state index contributed by atoms with van der Waals surface area (Å²) in [5, 5.41) is 0. The molecule has 4 rings (SSSR count). The second-order valence-corrected chi connectivity index (χ2v) is 7.76. The summed E-state index contributed by atoms with van der Waals surface area (Å²) in [7, 11) is 0. The van der Waals surface area contributed by atoms with Crippen LogP contribution in [0.15, 0.2) is 42.5 Å². The zero-order chi connectivity index (χ0) is 21.1. The lowest BCUT2D eigenvalue weighted by Crippen LogP contribution is -2.51. The molecule has 7 heteroatoms. The molecular weight excluding hydrogens is 385 g/mol. The normalized spacial score (nSPS) is 17.1. The van der Waals surface area contributed by atoms with E-state index in [0.717, 1.165) is 11.3 Å². The first-order chi connectivity index (χ1) is 14.5. The average Bonchev–Trinajstić information content (AvgIpc) is 2.95. The standard InChI is InChI=1S/C23H26FN3O3/c1-17(28)18-6-7-21(20(24)14-18)26-8-10-27(11-9-26)23(29)16-25-12-13-30-22-5-3-2-4-19(22)15-25/h2-7,14H,8-13,15-16H2,1H3. The van der Waals surface area contributed by atoms with Gasteiger partial charge in [-0.05, 0) is 31.2 Å². The first-order valence-corrected chi connectivity index (χ1v) is 10.3. The minimum Gasteiger partial charge on any atom is -0.492 e. The summed E-state index contributed by atoms with van der Waals surface area (Å²) in [5.41, 5.74) is 1.94. The number of hydrogen-bond donors (Lipinski definition) is 0. The van der Waals surface area contributed by atoms with Crippen molar-refractivity contribution in [2.24, 2.45) is 0 Å². The van der Waals surface area contributed by atoms with Crippen molar-refractivity contribution >= 4 is 17.4 Å². The molecule has 0 radical (unpaired) electrons. The maximum absolute atomic E-state index is 14.4. The third-order valence-corrected chi connectivity index (χ3v) is 5.72. The highest BCUT2D eigenvalue weighted by Gasteiger charge is 2.25. The average molecular weight is 411 g/mol. The first kappa shape index (κ1) is 20.3. The van der Waals surface area contributed by atoms with Crippen LogP contribution in [0.4, 0.5) is 10.1 Å². The van der Waals surface area contributed by atoms with Gasteiger partial charge in [-0.2, -0.15) is 0 Å². The number of halogens is 1. The number of benzene rings is 2. The van der Waals surface area contributed by atoms with E-state index in [2.05, 4.69) is 4.90 Å². The first-order valence-electron chi connectivity index (χ1n) is 10.3. The minimum atomic E-state index is -0.397. The molecular formula is C23H26FN3O3. The molecule has 0 N–H and O–H groups in total. The molecule has 30 heavy (non-hydrogen) atoms. The third-order valence-electron chi connectivity index (χ3n) is 5.72. The molecule has 0 bridgehead atoms. The van der Waals surface area contributed by atoms with E-state index in [1.165, 1.54) is 13.0 Å². The van der Waals surface area contributed by atoms with Crippen molar-refractivity contribution in [2.45, 2.75) is 13.5 Å². The minimum absolute atomic E-state index is 0.0847. The molecule has 0 atom stereocenters. The van der Waals surface area contributed by atoms with Gasteiger partial charge in [-0.25, -0.2) is 4.39 Å². The summed E-state index contributed by atoms with van der Waals surface area (Å²) in [6, 6.07) is 12.5. The van der Waals surface area contributed by atoms with Crippen molar-refractivity contribution in [3.05, 3.63) is 59.4 Å². The Bertz CT molecular complexity index is 941. The maximum atomic E-state index is 14.4. The number of hydrogen-bond acceptors (Lipinski definition) is 5. The number of ketones is 1. The van der Waals surface area contributed by atoms with Crippen LogP contribution in [0.5, 0.6) is 5.75 Å². The lowest BCUT2D eigenvalue weighted by atomic mass is 10.1. The van der Waals surface area contributed by atoms with Crippen LogP contribution in [0.25, 0.3) is 0 Å². The van der Waals surface area contributed by atoms with E-state index in [1.807, 2.05) is 34.1 Å². The van der Waals surface area contributed by atoms with Gasteiger partial charge in [0.05, 0.1) is 12.2 Å². The van der Waals surface area contributed by atoms with Crippen LogP contribution in [0.2, 0.25) is 0 Å². The highest BCUT2D eigenvalue weighted by molar-refractivity contribution is 5.94. The summed E-state index contributed by atoms with van der Waals surface area (Å²) < 4.78 is 20.2. The van der Waals surface area contributed by atoms with E-state index in [1.54, 1.807) is 12.1 Å². The fraction of sp³-hybridized carbons (Fsp3) is 0.391. The second-order valence-electron chi connectivity index (χ2n) is 7.76. The topological polar surface area (TPSA) is 53.1 Å². The van der Waals surface area contributed by atoms with Gasteiger partial charge in [0.15, 0.2) is 5.78 Å². The molecule has 0 aromatic heterocycles. The smallest absolute Gasteiger partial charge is 0.236 e. The Morgan fingerprint density at radius 2 is 1.80 bits per heavy atom. The van der Waals surface area contributed by atoms with Crippen molar-refractivity contribution in [2.75, 3.05) is 50.8 Å². The van der Waals surface area contributed by atoms with Crippen LogP contribution < -0.4 is 9.64 Å². The van der Waals surface area contributed by atoms with Crippen LogP contribution >= 0.6 is 0 Å². The zero-order valence-corrected chi connectivity index (χ0v) is 17.1. The van der Waals surface area contributed by atoms with Gasteiger partial charge in [0.1, 0.15) is 18.2 Å². The van der Waals surface area contributed by atoms with Gasteiger partial charge < -0.3 is 14.5 Å². The highest BCUT2D eigenvalue weighted by atomic mass is 19.1. The Morgan fingerprint density at radius 3 is 2.53 bits per heavy atom. The van der Waals surface area contributed by atoms with Crippen LogP contribution in [0.1, 0.15) is 22.8 Å². The number of carbonyl (C=O) groups is 2. The number of rotatable bonds is 4. The van der Waals surface area contributed by atoms with E-state index < -0.39 is 5.82 Å². The van der Waals surface area contributed by atoms with Gasteiger partial charge in [0.25, 0.3) is 0 Å². The number of piperazine rings is 1. The highest BCUT2D eigenvalue weighted by Crippen LogP contribution is 2.24. The number of ether oxygens (including phenoxy) is 1. The molecule has 6 nitrogen and oxygen atoms in total. The molecule has 0 unspecified atom stereocenters. The van der Waals surface area contributed by atoms with Crippen LogP contribution in [0, 0.1) is 5.82 Å². The van der Waals surface area contributed by atoms with Gasteiger partial charge in [-0.3, -0.25) is 14.5 Å². The summed E-state index contributed by atoms with van der Waals surface area (Å²) in [5.74, 6) is 0.420. The van der Waals surface area contributed by atoms with Crippen molar-refractivity contribution in [3.63, 3.8) is 0 Å². The van der Waals surface area contributed by atoms with Gasteiger partial charge >= 0.3 is 0 Å². The molecule has 158 valence electrons. The fourth-order valence-corrected chi connectivity index (χ4v) is 3.99. The molecule has 0 spiro atoms. The third kappa shape index (κ3) is 4.46. The predicted molar refractivity (Wildman–Crippen MR) is 112 cm³/mol. The van der Waals surface area contributed by atoms with E-state index in [9.17, 15) is 14.0 Å². The van der Waals surface area contributed by atoms with Gasteiger partial charge in [-0.1, -0.05) is 18.2 Å². The van der Waals surface area contributed by atoms with Gasteiger partial charge in [0.2, 0.25) is 5.91 Å². The number of carbonyl (C=O) groups excluding carboxylic acids is 2. The van der Waals surface area contributed by atoms with Gasteiger partial charge in [-0.15, -0.1) is 0 Å². The monoisotopic (exact) mass is 411 g/mol. The Balaban J connectivity index is 1.33. The zero-order valence-electron chi connectivity index (χ0n) is 17.1. The Morgan fingerprint density at radius 1 is 1.03 bits per heavy atom. The molecule has 0 saturated carbocycles. The molecule has 2 aliphatic heterocycles. The molecule has 2 aromatic rings. The summed E-state index contributed by atoms with van der Waals surface area (Å²) >= 11 is 0. The molecule has 2 aliphatic rings. The summed E-state index contributed by atoms with van der Waals surface area (Å²) in [6.45, 7) is 5.95. The summed E-state index contributed by atoms with van der Waals surface area (Å²) in [4.78, 5) is 30.1. The van der Waals surface area contributed by atoms with Crippen molar-refractivity contribution in [3.8, 4) is 5.75 Å². The van der Waals surface area contributed by atoms with E-state index >= 15 is 0 Å². The molecule has 1 fully saturated rings. The SMILES string of the molecule is CC(=O)c1ccc(N2CCN(C(=O)CN3CCOc4ccccc4C3)CC2)c(F)c1. The Kier molecular flexibility index (Phi) is 5.99. The van der Waals surface area contributed by atoms with Crippen LogP contribution in [-0.2, 0) is 11.3 Å². The molecule has 2 heterocycles. The Labute approximate surface area is 175 Å². The van der Waals surface area contributed by atoms with Crippen LogP contribution in [-0.4, -0.2) is 67.4 Å². The lowest BCUT2D eigenvalue weighted by Gasteiger charge is -2.37. The lowest BCUT2D eigenvalue weighted by molar-refractivity contribution is -0.132. The van der Waals surface area contributed by atoms with Crippen molar-refractivity contribution in [1.82, 2.24) is 9.80 Å². The quantitative estimate of drug-likeness (QED) is 0.724. The van der Waals surface area contributed by atoms with Gasteiger partial charge in [0, 0.05) is 50.4 Å². The predicted octanol–water partition coefficient (Wildman–Crippen LogP) is 2.57. The maximum Gasteiger partial charge on any atom is 0.236 e. The van der Waals surface area contributed by atoms with Crippen LogP contribution in [0.3, 0.4) is 0 Å². The van der Waals surface area contributed by atoms with Crippen molar-refractivity contribution in [1.29, 1.82) is 0 Å². The molecule has 1 saturated heterocycles. The number of para-hydroxylation sites is 1. The van der Waals surface area contributed by atoms with E-state index in [4.69, 9.17) is 4.74 Å².